The number of ether oxygens (including phenoxy) is 1. The van der Waals surface area contributed by atoms with Crippen molar-refractivity contribution in [3.63, 3.8) is 0 Å². The molecular weight excluding hydrogens is 254 g/mol. The van der Waals surface area contributed by atoms with Gasteiger partial charge >= 0.3 is 0 Å². The second-order valence-electron chi connectivity index (χ2n) is 4.07. The molecule has 0 spiro atoms. The van der Waals surface area contributed by atoms with Gasteiger partial charge < -0.3 is 10.1 Å². The molecule has 0 fully saturated rings. The molecule has 0 saturated heterocycles. The maximum atomic E-state index is 11.9. The van der Waals surface area contributed by atoms with E-state index in [1.807, 2.05) is 30.3 Å². The molecule has 1 aromatic heterocycles. The van der Waals surface area contributed by atoms with E-state index in [0.29, 0.717) is 12.1 Å². The van der Waals surface area contributed by atoms with Gasteiger partial charge in [0.2, 0.25) is 0 Å². The van der Waals surface area contributed by atoms with Crippen molar-refractivity contribution in [3.8, 4) is 11.8 Å². The third-order valence-electron chi connectivity index (χ3n) is 2.75. The average molecular weight is 267 g/mol. The molecule has 100 valence electrons. The van der Waals surface area contributed by atoms with E-state index in [4.69, 9.17) is 10.00 Å². The van der Waals surface area contributed by atoms with Crippen LogP contribution in [-0.2, 0) is 6.54 Å². The first-order valence-corrected chi connectivity index (χ1v) is 6.00. The second kappa shape index (κ2) is 6.34. The summed E-state index contributed by atoms with van der Waals surface area (Å²) in [7, 11) is 1.61. The lowest BCUT2D eigenvalue weighted by Crippen LogP contribution is -2.22. The van der Waals surface area contributed by atoms with Crippen LogP contribution in [-0.4, -0.2) is 18.0 Å². The molecule has 0 atom stereocenters. The van der Waals surface area contributed by atoms with Crippen molar-refractivity contribution in [2.24, 2.45) is 0 Å². The number of aromatic nitrogens is 1. The zero-order valence-corrected chi connectivity index (χ0v) is 11.0. The Morgan fingerprint density at radius 1 is 1.30 bits per heavy atom. The normalized spacial score (nSPS) is 9.60. The van der Waals surface area contributed by atoms with Crippen LogP contribution in [0.1, 0.15) is 21.6 Å². The number of carbonyl (C=O) groups excluding carboxylic acids is 1. The minimum Gasteiger partial charge on any atom is -0.497 e. The molecular formula is C15H13N3O2. The van der Waals surface area contributed by atoms with Gasteiger partial charge in [-0.05, 0) is 29.8 Å². The van der Waals surface area contributed by atoms with Gasteiger partial charge in [-0.25, -0.2) is 4.98 Å². The predicted molar refractivity (Wildman–Crippen MR) is 73.1 cm³/mol. The topological polar surface area (TPSA) is 75.0 Å². The van der Waals surface area contributed by atoms with Crippen LogP contribution in [0, 0.1) is 11.3 Å². The third-order valence-corrected chi connectivity index (χ3v) is 2.75. The molecule has 1 N–H and O–H groups in total. The molecule has 0 aliphatic carbocycles. The molecule has 5 heteroatoms. The Balaban J connectivity index is 1.95. The van der Waals surface area contributed by atoms with Crippen LogP contribution in [0.25, 0.3) is 0 Å². The Kier molecular flexibility index (Phi) is 4.30. The van der Waals surface area contributed by atoms with Crippen molar-refractivity contribution in [2.45, 2.75) is 6.54 Å². The number of hydrogen-bond donors (Lipinski definition) is 1. The summed E-state index contributed by atoms with van der Waals surface area (Å²) in [5.41, 5.74) is 1.69. The lowest BCUT2D eigenvalue weighted by molar-refractivity contribution is 0.0950. The number of benzene rings is 1. The average Bonchev–Trinajstić information content (AvgIpc) is 2.53. The van der Waals surface area contributed by atoms with E-state index < -0.39 is 0 Å². The summed E-state index contributed by atoms with van der Waals surface area (Å²) in [4.78, 5) is 15.7. The van der Waals surface area contributed by atoms with Gasteiger partial charge in [0.1, 0.15) is 17.5 Å². The van der Waals surface area contributed by atoms with Crippen LogP contribution in [0.4, 0.5) is 0 Å². The van der Waals surface area contributed by atoms with E-state index in [1.165, 1.54) is 12.3 Å². The molecule has 1 aromatic carbocycles. The van der Waals surface area contributed by atoms with E-state index in [1.54, 1.807) is 13.2 Å². The molecule has 0 bridgehead atoms. The van der Waals surface area contributed by atoms with Crippen molar-refractivity contribution >= 4 is 5.91 Å². The zero-order valence-electron chi connectivity index (χ0n) is 11.0. The summed E-state index contributed by atoms with van der Waals surface area (Å²) < 4.78 is 5.06. The van der Waals surface area contributed by atoms with Crippen LogP contribution >= 0.6 is 0 Å². The monoisotopic (exact) mass is 267 g/mol. The molecule has 2 aromatic rings. The lowest BCUT2D eigenvalue weighted by Gasteiger charge is -2.06. The highest BCUT2D eigenvalue weighted by molar-refractivity contribution is 5.93. The Hall–Kier alpha value is -2.87. The molecule has 0 aliphatic rings. The number of nitriles is 1. The number of amides is 1. The van der Waals surface area contributed by atoms with E-state index in [2.05, 4.69) is 10.3 Å². The fourth-order valence-corrected chi connectivity index (χ4v) is 1.62. The Bertz CT molecular complexity index is 628. The summed E-state index contributed by atoms with van der Waals surface area (Å²) in [5, 5.41) is 11.4. The number of nitrogens with one attached hydrogen (secondary N) is 1. The summed E-state index contributed by atoms with van der Waals surface area (Å²) in [6.07, 6.45) is 1.39. The van der Waals surface area contributed by atoms with E-state index >= 15 is 0 Å². The largest absolute Gasteiger partial charge is 0.497 e. The minimum absolute atomic E-state index is 0.224. The van der Waals surface area contributed by atoms with Crippen LogP contribution in [0.15, 0.2) is 42.6 Å². The smallest absolute Gasteiger partial charge is 0.253 e. The van der Waals surface area contributed by atoms with Gasteiger partial charge in [0.25, 0.3) is 5.91 Å². The third kappa shape index (κ3) is 3.33. The van der Waals surface area contributed by atoms with Crippen molar-refractivity contribution in [1.29, 1.82) is 5.26 Å². The fourth-order valence-electron chi connectivity index (χ4n) is 1.62. The molecule has 5 nitrogen and oxygen atoms in total. The van der Waals surface area contributed by atoms with Gasteiger partial charge in [-0.15, -0.1) is 0 Å². The van der Waals surface area contributed by atoms with E-state index in [0.717, 1.165) is 11.3 Å². The summed E-state index contributed by atoms with van der Waals surface area (Å²) in [5.74, 6) is 0.550. The summed E-state index contributed by atoms with van der Waals surface area (Å²) >= 11 is 0. The quantitative estimate of drug-likeness (QED) is 0.917. The number of methoxy groups -OCH3 is 1. The standard InChI is InChI=1S/C15H13N3O2/c1-20-14-6-2-11(3-7-14)9-18-15(19)12-4-5-13(8-16)17-10-12/h2-7,10H,9H2,1H3,(H,18,19). The van der Waals surface area contributed by atoms with Crippen molar-refractivity contribution < 1.29 is 9.53 Å². The van der Waals surface area contributed by atoms with Gasteiger partial charge in [0.05, 0.1) is 12.7 Å². The van der Waals surface area contributed by atoms with Crippen LogP contribution in [0.2, 0.25) is 0 Å². The first-order valence-electron chi connectivity index (χ1n) is 6.00. The van der Waals surface area contributed by atoms with E-state index in [-0.39, 0.29) is 11.6 Å². The predicted octanol–water partition coefficient (Wildman–Crippen LogP) is 1.89. The number of nitrogens with zero attached hydrogens (tertiary/aromatic N) is 2. The van der Waals surface area contributed by atoms with Gasteiger partial charge in [0, 0.05) is 12.7 Å². The molecule has 20 heavy (non-hydrogen) atoms. The molecule has 0 unspecified atom stereocenters. The molecule has 1 amide bonds. The highest BCUT2D eigenvalue weighted by Crippen LogP contribution is 2.11. The van der Waals surface area contributed by atoms with Gasteiger partial charge in [0.15, 0.2) is 0 Å². The first-order chi connectivity index (χ1) is 9.72. The molecule has 0 aliphatic heterocycles. The maximum Gasteiger partial charge on any atom is 0.253 e. The van der Waals surface area contributed by atoms with Crippen molar-refractivity contribution in [1.82, 2.24) is 10.3 Å². The van der Waals surface area contributed by atoms with Crippen molar-refractivity contribution in [3.05, 3.63) is 59.4 Å². The van der Waals surface area contributed by atoms with Gasteiger partial charge in [-0.2, -0.15) is 5.26 Å². The number of rotatable bonds is 4. The zero-order chi connectivity index (χ0) is 14.4. The van der Waals surface area contributed by atoms with Crippen LogP contribution in [0.5, 0.6) is 5.75 Å². The lowest BCUT2D eigenvalue weighted by atomic mass is 10.2. The fraction of sp³-hybridized carbons (Fsp3) is 0.133. The van der Waals surface area contributed by atoms with E-state index in [9.17, 15) is 4.79 Å². The number of carbonyl (C=O) groups is 1. The second-order valence-corrected chi connectivity index (χ2v) is 4.07. The summed E-state index contributed by atoms with van der Waals surface area (Å²) in [6.45, 7) is 0.419. The Labute approximate surface area is 116 Å². The highest BCUT2D eigenvalue weighted by atomic mass is 16.5. The Morgan fingerprint density at radius 3 is 2.60 bits per heavy atom. The Morgan fingerprint density at radius 2 is 2.05 bits per heavy atom. The molecule has 1 heterocycles. The minimum atomic E-state index is -0.224. The number of pyridine rings is 1. The van der Waals surface area contributed by atoms with Crippen LogP contribution in [0.3, 0.4) is 0 Å². The molecule has 0 saturated carbocycles. The maximum absolute atomic E-state index is 11.9. The molecule has 0 radical (unpaired) electrons. The SMILES string of the molecule is COc1ccc(CNC(=O)c2ccc(C#N)nc2)cc1. The summed E-state index contributed by atoms with van der Waals surface area (Å²) in [6, 6.07) is 12.4. The van der Waals surface area contributed by atoms with Crippen molar-refractivity contribution in [2.75, 3.05) is 7.11 Å². The first kappa shape index (κ1) is 13.6. The van der Waals surface area contributed by atoms with Gasteiger partial charge in [-0.1, -0.05) is 12.1 Å². The highest BCUT2D eigenvalue weighted by Gasteiger charge is 2.05. The van der Waals surface area contributed by atoms with Crippen LogP contribution < -0.4 is 10.1 Å². The molecule has 2 rings (SSSR count). The number of hydrogen-bond acceptors (Lipinski definition) is 4. The van der Waals surface area contributed by atoms with Gasteiger partial charge in [-0.3, -0.25) is 4.79 Å².